The van der Waals surface area contributed by atoms with E-state index >= 15 is 0 Å². The second kappa shape index (κ2) is 4.25. The number of aromatic nitrogens is 3. The minimum absolute atomic E-state index is 0.117. The topological polar surface area (TPSA) is 59.8 Å². The van der Waals surface area contributed by atoms with Crippen LogP contribution >= 0.6 is 0 Å². The van der Waals surface area contributed by atoms with E-state index in [1.807, 2.05) is 18.2 Å². The minimum Gasteiger partial charge on any atom is -0.384 e. The van der Waals surface area contributed by atoms with Gasteiger partial charge in [0.15, 0.2) is 5.82 Å². The summed E-state index contributed by atoms with van der Waals surface area (Å²) in [6, 6.07) is 7.36. The summed E-state index contributed by atoms with van der Waals surface area (Å²) in [4.78, 5) is 12.1. The van der Waals surface area contributed by atoms with Gasteiger partial charge in [0.05, 0.1) is 5.69 Å². The van der Waals surface area contributed by atoms with Gasteiger partial charge in [0.25, 0.3) is 5.56 Å². The first-order valence-corrected chi connectivity index (χ1v) is 6.03. The maximum Gasteiger partial charge on any atom is 0.279 e. The molecule has 0 saturated heterocycles. The maximum atomic E-state index is 12.1. The number of hydrogen-bond acceptors (Lipinski definition) is 4. The van der Waals surface area contributed by atoms with Crippen LogP contribution in [0.4, 0.5) is 5.69 Å². The first kappa shape index (κ1) is 11.0. The quantitative estimate of drug-likeness (QED) is 0.887. The van der Waals surface area contributed by atoms with E-state index in [4.69, 9.17) is 0 Å². The van der Waals surface area contributed by atoms with E-state index in [0.29, 0.717) is 17.4 Å². The molecule has 5 heteroatoms. The Bertz CT molecular complexity index is 614. The number of hydrogen-bond donors (Lipinski definition) is 1. The Labute approximate surface area is 104 Å². The van der Waals surface area contributed by atoms with Crippen LogP contribution in [0.15, 0.2) is 35.3 Å². The van der Waals surface area contributed by atoms with Crippen LogP contribution in [0.25, 0.3) is 5.82 Å². The van der Waals surface area contributed by atoms with Gasteiger partial charge in [-0.05, 0) is 37.1 Å². The summed E-state index contributed by atoms with van der Waals surface area (Å²) in [5.41, 5.74) is 1.45. The Kier molecular flexibility index (Phi) is 2.59. The molecule has 92 valence electrons. The largest absolute Gasteiger partial charge is 0.384 e. The average molecular weight is 242 g/mol. The number of rotatable bonds is 3. The van der Waals surface area contributed by atoms with Crippen molar-refractivity contribution in [2.45, 2.75) is 18.8 Å². The lowest BCUT2D eigenvalue weighted by molar-refractivity contribution is 0.842. The van der Waals surface area contributed by atoms with Crippen LogP contribution in [0.5, 0.6) is 0 Å². The van der Waals surface area contributed by atoms with Gasteiger partial charge < -0.3 is 5.32 Å². The van der Waals surface area contributed by atoms with Gasteiger partial charge >= 0.3 is 0 Å². The summed E-state index contributed by atoms with van der Waals surface area (Å²) in [5, 5.41) is 11.2. The van der Waals surface area contributed by atoms with Crippen molar-refractivity contribution in [2.24, 2.45) is 0 Å². The zero-order valence-electron chi connectivity index (χ0n) is 10.1. The van der Waals surface area contributed by atoms with Gasteiger partial charge in [0.2, 0.25) is 0 Å². The molecule has 2 heterocycles. The average Bonchev–Trinajstić information content (AvgIpc) is 3.24. The molecule has 18 heavy (non-hydrogen) atoms. The number of pyridine rings is 1. The summed E-state index contributed by atoms with van der Waals surface area (Å²) in [6.07, 6.45) is 4.09. The van der Waals surface area contributed by atoms with Crippen molar-refractivity contribution in [3.63, 3.8) is 0 Å². The molecule has 1 saturated carbocycles. The summed E-state index contributed by atoms with van der Waals surface area (Å²) in [5.74, 6) is 1.13. The van der Waals surface area contributed by atoms with Crippen LogP contribution < -0.4 is 10.9 Å². The Hall–Kier alpha value is -2.17. The third-order valence-electron chi connectivity index (χ3n) is 3.13. The van der Waals surface area contributed by atoms with Gasteiger partial charge in [0.1, 0.15) is 5.69 Å². The molecule has 0 unspecified atom stereocenters. The molecule has 2 aromatic rings. The van der Waals surface area contributed by atoms with Crippen molar-refractivity contribution < 1.29 is 0 Å². The summed E-state index contributed by atoms with van der Waals surface area (Å²) >= 11 is 0. The van der Waals surface area contributed by atoms with Crippen LogP contribution in [0.1, 0.15) is 24.5 Å². The van der Waals surface area contributed by atoms with Gasteiger partial charge in [-0.1, -0.05) is 0 Å². The molecular formula is C13H14N4O. The van der Waals surface area contributed by atoms with Crippen molar-refractivity contribution in [3.05, 3.63) is 46.5 Å². The summed E-state index contributed by atoms with van der Waals surface area (Å²) < 4.78 is 1.50. The molecule has 0 atom stereocenters. The zero-order chi connectivity index (χ0) is 12.5. The summed E-state index contributed by atoms with van der Waals surface area (Å²) in [7, 11) is 1.73. The van der Waals surface area contributed by atoms with Crippen molar-refractivity contribution in [1.82, 2.24) is 14.8 Å². The molecule has 1 aliphatic carbocycles. The number of anilines is 1. The molecule has 0 bridgehead atoms. The fourth-order valence-corrected chi connectivity index (χ4v) is 1.93. The Morgan fingerprint density at radius 1 is 1.28 bits per heavy atom. The Morgan fingerprint density at radius 3 is 2.72 bits per heavy atom. The van der Waals surface area contributed by atoms with E-state index in [1.165, 1.54) is 17.4 Å². The van der Waals surface area contributed by atoms with Crippen LogP contribution in [0, 0.1) is 0 Å². The van der Waals surface area contributed by atoms with Crippen molar-refractivity contribution in [1.29, 1.82) is 0 Å². The Morgan fingerprint density at radius 2 is 2.11 bits per heavy atom. The van der Waals surface area contributed by atoms with Crippen LogP contribution in [0.3, 0.4) is 0 Å². The van der Waals surface area contributed by atoms with E-state index in [9.17, 15) is 4.79 Å². The highest BCUT2D eigenvalue weighted by atomic mass is 16.1. The van der Waals surface area contributed by atoms with Crippen LogP contribution in [0.2, 0.25) is 0 Å². The molecule has 0 radical (unpaired) electrons. The molecule has 2 aromatic heterocycles. The predicted octanol–water partition coefficient (Wildman–Crippen LogP) is 1.55. The lowest BCUT2D eigenvalue weighted by atomic mass is 10.3. The van der Waals surface area contributed by atoms with Gasteiger partial charge in [0, 0.05) is 19.2 Å². The zero-order valence-corrected chi connectivity index (χ0v) is 10.1. The monoisotopic (exact) mass is 242 g/mol. The lowest BCUT2D eigenvalue weighted by Gasteiger charge is -2.06. The predicted molar refractivity (Wildman–Crippen MR) is 69.2 cm³/mol. The van der Waals surface area contributed by atoms with E-state index in [0.717, 1.165) is 5.69 Å². The number of nitrogens with one attached hydrogen (secondary N) is 1. The van der Waals surface area contributed by atoms with Crippen LogP contribution in [-0.4, -0.2) is 21.8 Å². The standard InChI is InChI=1S/C13H14N4O/c1-14-11-3-2-8-17(13(11)18)12-7-6-10(15-16-12)9-4-5-9/h2-3,6-9,14H,4-5H2,1H3. The second-order valence-corrected chi connectivity index (χ2v) is 4.44. The molecule has 0 amide bonds. The second-order valence-electron chi connectivity index (χ2n) is 4.44. The van der Waals surface area contributed by atoms with Gasteiger partial charge in [-0.3, -0.25) is 9.36 Å². The molecule has 0 aromatic carbocycles. The highest BCUT2D eigenvalue weighted by Gasteiger charge is 2.25. The number of nitrogens with zero attached hydrogens (tertiary/aromatic N) is 3. The third kappa shape index (κ3) is 1.88. The van der Waals surface area contributed by atoms with E-state index in [2.05, 4.69) is 15.5 Å². The summed E-state index contributed by atoms with van der Waals surface area (Å²) in [6.45, 7) is 0. The third-order valence-corrected chi connectivity index (χ3v) is 3.13. The van der Waals surface area contributed by atoms with Gasteiger partial charge in [-0.25, -0.2) is 0 Å². The van der Waals surface area contributed by atoms with E-state index < -0.39 is 0 Å². The van der Waals surface area contributed by atoms with Gasteiger partial charge in [-0.15, -0.1) is 5.10 Å². The smallest absolute Gasteiger partial charge is 0.279 e. The fourth-order valence-electron chi connectivity index (χ4n) is 1.93. The molecule has 1 aliphatic rings. The normalized spacial score (nSPS) is 14.5. The fraction of sp³-hybridized carbons (Fsp3) is 0.308. The molecule has 5 nitrogen and oxygen atoms in total. The molecule has 1 N–H and O–H groups in total. The highest BCUT2D eigenvalue weighted by Crippen LogP contribution is 2.38. The van der Waals surface area contributed by atoms with Crippen molar-refractivity contribution >= 4 is 5.69 Å². The molecule has 0 spiro atoms. The van der Waals surface area contributed by atoms with Crippen LogP contribution in [-0.2, 0) is 0 Å². The molecule has 0 aliphatic heterocycles. The highest BCUT2D eigenvalue weighted by molar-refractivity contribution is 5.41. The van der Waals surface area contributed by atoms with E-state index in [1.54, 1.807) is 19.3 Å². The lowest BCUT2D eigenvalue weighted by Crippen LogP contribution is -2.21. The first-order valence-electron chi connectivity index (χ1n) is 6.03. The van der Waals surface area contributed by atoms with E-state index in [-0.39, 0.29) is 5.56 Å². The molecular weight excluding hydrogens is 228 g/mol. The Balaban J connectivity index is 2.01. The van der Waals surface area contributed by atoms with Crippen molar-refractivity contribution in [3.8, 4) is 5.82 Å². The SMILES string of the molecule is CNc1cccn(-c2ccc(C3CC3)nn2)c1=O. The minimum atomic E-state index is -0.117. The maximum absolute atomic E-state index is 12.1. The first-order chi connectivity index (χ1) is 8.79. The molecule has 1 fully saturated rings. The molecule has 3 rings (SSSR count). The van der Waals surface area contributed by atoms with Crippen molar-refractivity contribution in [2.75, 3.05) is 12.4 Å². The van der Waals surface area contributed by atoms with Gasteiger partial charge in [-0.2, -0.15) is 5.10 Å².